The Morgan fingerprint density at radius 1 is 1.39 bits per heavy atom. The number of benzene rings is 1. The van der Waals surface area contributed by atoms with E-state index in [9.17, 15) is 4.79 Å². The average Bonchev–Trinajstić information content (AvgIpc) is 2.82. The molecule has 0 aliphatic carbocycles. The third kappa shape index (κ3) is 4.29. The van der Waals surface area contributed by atoms with Crippen molar-refractivity contribution in [2.75, 3.05) is 11.9 Å². The van der Waals surface area contributed by atoms with Crippen molar-refractivity contribution in [2.24, 2.45) is 5.73 Å². The van der Waals surface area contributed by atoms with Gasteiger partial charge in [0.05, 0.1) is 12.5 Å². The number of rotatable bonds is 4. The van der Waals surface area contributed by atoms with Gasteiger partial charge in [0, 0.05) is 18.8 Å². The highest BCUT2D eigenvalue weighted by Crippen LogP contribution is 2.16. The number of carbonyl (C=O) groups excluding carboxylic acids is 1. The van der Waals surface area contributed by atoms with Crippen molar-refractivity contribution >= 4 is 24.0 Å². The summed E-state index contributed by atoms with van der Waals surface area (Å²) < 4.78 is 5.42. The number of hydrogen-bond acceptors (Lipinski definition) is 3. The van der Waals surface area contributed by atoms with Gasteiger partial charge in [0.2, 0.25) is 5.91 Å². The second kappa shape index (κ2) is 7.36. The number of halogens is 1. The molecule has 2 rings (SSSR count). The van der Waals surface area contributed by atoms with E-state index in [4.69, 9.17) is 10.5 Å². The van der Waals surface area contributed by atoms with Crippen LogP contribution in [0.1, 0.15) is 24.8 Å². The fourth-order valence-electron chi connectivity index (χ4n) is 1.95. The van der Waals surface area contributed by atoms with E-state index in [2.05, 4.69) is 5.32 Å². The molecule has 0 aromatic heterocycles. The van der Waals surface area contributed by atoms with Crippen LogP contribution in [0.4, 0.5) is 5.69 Å². The largest absolute Gasteiger partial charge is 0.378 e. The highest BCUT2D eigenvalue weighted by molar-refractivity contribution is 5.91. The first kappa shape index (κ1) is 15.0. The monoisotopic (exact) mass is 270 g/mol. The van der Waals surface area contributed by atoms with E-state index < -0.39 is 0 Å². The molecule has 1 aliphatic heterocycles. The number of nitrogens with one attached hydrogen (secondary N) is 1. The number of amides is 1. The van der Waals surface area contributed by atoms with Gasteiger partial charge in [-0.1, -0.05) is 12.1 Å². The summed E-state index contributed by atoms with van der Waals surface area (Å²) in [6.45, 7) is 1.30. The highest BCUT2D eigenvalue weighted by Gasteiger charge is 2.18. The first-order chi connectivity index (χ1) is 8.28. The van der Waals surface area contributed by atoms with E-state index in [-0.39, 0.29) is 24.4 Å². The number of hydrogen-bond donors (Lipinski definition) is 2. The molecule has 1 aliphatic rings. The van der Waals surface area contributed by atoms with Gasteiger partial charge in [-0.25, -0.2) is 0 Å². The van der Waals surface area contributed by atoms with Gasteiger partial charge in [0.25, 0.3) is 0 Å². The zero-order valence-electron chi connectivity index (χ0n) is 10.2. The Labute approximate surface area is 113 Å². The molecule has 3 N–H and O–H groups in total. The van der Waals surface area contributed by atoms with Crippen molar-refractivity contribution in [1.29, 1.82) is 0 Å². The molecule has 0 bridgehead atoms. The maximum Gasteiger partial charge on any atom is 0.226 e. The van der Waals surface area contributed by atoms with Crippen molar-refractivity contribution in [3.05, 3.63) is 29.8 Å². The number of carbonyl (C=O) groups is 1. The molecule has 100 valence electrons. The normalized spacial score (nSPS) is 18.2. The van der Waals surface area contributed by atoms with Crippen LogP contribution in [0.3, 0.4) is 0 Å². The van der Waals surface area contributed by atoms with E-state index in [1.807, 2.05) is 24.3 Å². The minimum atomic E-state index is 0. The first-order valence-electron chi connectivity index (χ1n) is 5.98. The second-order valence-corrected chi connectivity index (χ2v) is 4.29. The summed E-state index contributed by atoms with van der Waals surface area (Å²) in [6.07, 6.45) is 2.58. The van der Waals surface area contributed by atoms with Crippen molar-refractivity contribution in [1.82, 2.24) is 0 Å². The lowest BCUT2D eigenvalue weighted by molar-refractivity contribution is -0.118. The van der Waals surface area contributed by atoms with Crippen LogP contribution in [0, 0.1) is 0 Å². The van der Waals surface area contributed by atoms with Crippen LogP contribution in [-0.4, -0.2) is 18.6 Å². The Kier molecular flexibility index (Phi) is 6.12. The fraction of sp³-hybridized carbons (Fsp3) is 0.462. The lowest BCUT2D eigenvalue weighted by Crippen LogP contribution is -2.19. The van der Waals surface area contributed by atoms with Gasteiger partial charge in [-0.15, -0.1) is 12.4 Å². The lowest BCUT2D eigenvalue weighted by atomic mass is 10.1. The smallest absolute Gasteiger partial charge is 0.226 e. The molecule has 1 fully saturated rings. The minimum Gasteiger partial charge on any atom is -0.378 e. The number of anilines is 1. The zero-order chi connectivity index (χ0) is 12.1. The van der Waals surface area contributed by atoms with Gasteiger partial charge in [-0.2, -0.15) is 0 Å². The minimum absolute atomic E-state index is 0. The molecule has 1 unspecified atom stereocenters. The molecule has 1 aromatic rings. The summed E-state index contributed by atoms with van der Waals surface area (Å²) in [4.78, 5) is 11.7. The first-order valence-corrected chi connectivity index (χ1v) is 5.98. The van der Waals surface area contributed by atoms with Gasteiger partial charge in [-0.3, -0.25) is 4.79 Å². The van der Waals surface area contributed by atoms with Crippen LogP contribution in [0.2, 0.25) is 0 Å². The van der Waals surface area contributed by atoms with E-state index in [1.165, 1.54) is 0 Å². The van der Waals surface area contributed by atoms with Crippen LogP contribution >= 0.6 is 12.4 Å². The lowest BCUT2D eigenvalue weighted by Gasteiger charge is -2.10. The predicted octanol–water partition coefficient (Wildman–Crippen LogP) is 2.07. The summed E-state index contributed by atoms with van der Waals surface area (Å²) in [5.74, 6) is 0.0115. The summed E-state index contributed by atoms with van der Waals surface area (Å²) in [5, 5.41) is 2.86. The Morgan fingerprint density at radius 2 is 2.11 bits per heavy atom. The Bertz CT molecular complexity index is 375. The molecule has 0 spiro atoms. The van der Waals surface area contributed by atoms with E-state index in [1.54, 1.807) is 0 Å². The molecular formula is C13H19ClN2O2. The van der Waals surface area contributed by atoms with Crippen molar-refractivity contribution in [3.63, 3.8) is 0 Å². The molecule has 1 saturated heterocycles. The topological polar surface area (TPSA) is 64.3 Å². The van der Waals surface area contributed by atoms with Crippen molar-refractivity contribution in [2.45, 2.75) is 31.9 Å². The summed E-state index contributed by atoms with van der Waals surface area (Å²) >= 11 is 0. The van der Waals surface area contributed by atoms with Crippen LogP contribution in [0.5, 0.6) is 0 Å². The van der Waals surface area contributed by atoms with E-state index in [0.29, 0.717) is 13.0 Å². The van der Waals surface area contributed by atoms with Gasteiger partial charge in [0.15, 0.2) is 0 Å². The summed E-state index contributed by atoms with van der Waals surface area (Å²) in [6, 6.07) is 7.58. The molecule has 5 heteroatoms. The maximum atomic E-state index is 11.7. The SMILES string of the molecule is Cl.NCc1ccc(NC(=O)CC2CCCO2)cc1. The number of nitrogens with two attached hydrogens (primary N) is 1. The second-order valence-electron chi connectivity index (χ2n) is 4.29. The number of ether oxygens (including phenoxy) is 1. The third-order valence-electron chi connectivity index (χ3n) is 2.91. The molecule has 0 saturated carbocycles. The maximum absolute atomic E-state index is 11.7. The Morgan fingerprint density at radius 3 is 2.67 bits per heavy atom. The molecule has 4 nitrogen and oxygen atoms in total. The summed E-state index contributed by atoms with van der Waals surface area (Å²) in [7, 11) is 0. The quantitative estimate of drug-likeness (QED) is 0.880. The van der Waals surface area contributed by atoms with Gasteiger partial charge < -0.3 is 15.8 Å². The molecule has 0 radical (unpaired) electrons. The average molecular weight is 271 g/mol. The molecular weight excluding hydrogens is 252 g/mol. The van der Waals surface area contributed by atoms with Gasteiger partial charge >= 0.3 is 0 Å². The molecule has 18 heavy (non-hydrogen) atoms. The van der Waals surface area contributed by atoms with Crippen LogP contribution < -0.4 is 11.1 Å². The Balaban J connectivity index is 0.00000162. The third-order valence-corrected chi connectivity index (χ3v) is 2.91. The van der Waals surface area contributed by atoms with Crippen LogP contribution in [0.15, 0.2) is 24.3 Å². The Hall–Kier alpha value is -1.10. The molecule has 1 amide bonds. The van der Waals surface area contributed by atoms with Gasteiger partial charge in [0.1, 0.15) is 0 Å². The van der Waals surface area contributed by atoms with Crippen LogP contribution in [0.25, 0.3) is 0 Å². The van der Waals surface area contributed by atoms with E-state index in [0.717, 1.165) is 30.7 Å². The molecule has 1 heterocycles. The molecule has 1 atom stereocenters. The van der Waals surface area contributed by atoms with Crippen molar-refractivity contribution in [3.8, 4) is 0 Å². The van der Waals surface area contributed by atoms with E-state index >= 15 is 0 Å². The fourth-order valence-corrected chi connectivity index (χ4v) is 1.95. The van der Waals surface area contributed by atoms with Crippen molar-refractivity contribution < 1.29 is 9.53 Å². The summed E-state index contributed by atoms with van der Waals surface area (Å²) in [5.41, 5.74) is 7.37. The van der Waals surface area contributed by atoms with Crippen LogP contribution in [-0.2, 0) is 16.1 Å². The standard InChI is InChI=1S/C13H18N2O2.ClH/c14-9-10-3-5-11(6-4-10)15-13(16)8-12-2-1-7-17-12;/h3-6,12H,1-2,7-9,14H2,(H,15,16);1H. The molecule has 1 aromatic carbocycles. The van der Waals surface area contributed by atoms with Gasteiger partial charge in [-0.05, 0) is 30.5 Å². The predicted molar refractivity (Wildman–Crippen MR) is 73.8 cm³/mol. The highest BCUT2D eigenvalue weighted by atomic mass is 35.5. The zero-order valence-corrected chi connectivity index (χ0v) is 11.0.